The van der Waals surface area contributed by atoms with Crippen LogP contribution in [0.15, 0.2) is 42.5 Å². The van der Waals surface area contributed by atoms with Crippen molar-refractivity contribution in [3.05, 3.63) is 69.2 Å². The number of halogens is 2. The second kappa shape index (κ2) is 13.1. The molecular formula is C25H32Cl2N2O2S. The number of thioether (sulfide) groups is 1. The van der Waals surface area contributed by atoms with E-state index in [1.54, 1.807) is 28.8 Å². The molecule has 4 nitrogen and oxygen atoms in total. The van der Waals surface area contributed by atoms with Crippen molar-refractivity contribution in [2.45, 2.75) is 64.9 Å². The third-order valence-electron chi connectivity index (χ3n) is 5.47. The van der Waals surface area contributed by atoms with Crippen LogP contribution in [0.4, 0.5) is 0 Å². The van der Waals surface area contributed by atoms with Gasteiger partial charge in [-0.3, -0.25) is 9.59 Å². The van der Waals surface area contributed by atoms with Gasteiger partial charge >= 0.3 is 0 Å². The Morgan fingerprint density at radius 2 is 1.78 bits per heavy atom. The number of carbonyl (C=O) groups is 2. The van der Waals surface area contributed by atoms with Crippen LogP contribution in [0.3, 0.4) is 0 Å². The van der Waals surface area contributed by atoms with E-state index >= 15 is 0 Å². The maximum absolute atomic E-state index is 13.3. The highest BCUT2D eigenvalue weighted by Crippen LogP contribution is 2.25. The standard InChI is InChI=1S/C25H32Cl2N2O2S/c1-5-18(4)28-25(31)23(6-2)29(14-19-11-12-21(26)22(27)13-19)24(30)16-32-15-20-10-8-7-9-17(20)3/h7-13,18,23H,5-6,14-16H2,1-4H3,(H,28,31). The first-order chi connectivity index (χ1) is 15.3. The number of nitrogens with zero attached hydrogens (tertiary/aromatic N) is 1. The lowest BCUT2D eigenvalue weighted by molar-refractivity contribution is -0.139. The molecule has 2 amide bonds. The summed E-state index contributed by atoms with van der Waals surface area (Å²) in [6.45, 7) is 8.28. The van der Waals surface area contributed by atoms with Crippen molar-refractivity contribution < 1.29 is 9.59 Å². The SMILES string of the molecule is CCC(C)NC(=O)C(CC)N(Cc1ccc(Cl)c(Cl)c1)C(=O)CSCc1ccccc1C. The van der Waals surface area contributed by atoms with Crippen molar-refractivity contribution in [2.24, 2.45) is 0 Å². The van der Waals surface area contributed by atoms with Crippen LogP contribution in [0, 0.1) is 6.92 Å². The van der Waals surface area contributed by atoms with Gasteiger partial charge in [0.15, 0.2) is 0 Å². The third kappa shape index (κ3) is 7.72. The molecule has 0 radical (unpaired) electrons. The fourth-order valence-corrected chi connectivity index (χ4v) is 4.61. The van der Waals surface area contributed by atoms with Gasteiger partial charge in [0.25, 0.3) is 0 Å². The molecule has 0 saturated carbocycles. The minimum absolute atomic E-state index is 0.0499. The molecule has 0 bridgehead atoms. The van der Waals surface area contributed by atoms with Crippen molar-refractivity contribution in [1.29, 1.82) is 0 Å². The summed E-state index contributed by atoms with van der Waals surface area (Å²) in [6.07, 6.45) is 1.35. The molecule has 0 fully saturated rings. The molecule has 2 atom stereocenters. The summed E-state index contributed by atoms with van der Waals surface area (Å²) in [7, 11) is 0. The van der Waals surface area contributed by atoms with E-state index in [0.717, 1.165) is 17.7 Å². The number of amides is 2. The molecule has 7 heteroatoms. The summed E-state index contributed by atoms with van der Waals surface area (Å²) in [4.78, 5) is 28.0. The normalized spacial score (nSPS) is 12.8. The molecule has 0 aliphatic rings. The number of rotatable bonds is 11. The molecule has 0 spiro atoms. The Morgan fingerprint density at radius 3 is 2.41 bits per heavy atom. The zero-order chi connectivity index (χ0) is 23.7. The molecule has 1 N–H and O–H groups in total. The lowest BCUT2D eigenvalue weighted by Crippen LogP contribution is -2.51. The van der Waals surface area contributed by atoms with Gasteiger partial charge in [-0.15, -0.1) is 11.8 Å². The Balaban J connectivity index is 2.18. The number of carbonyl (C=O) groups excluding carboxylic acids is 2. The van der Waals surface area contributed by atoms with E-state index in [2.05, 4.69) is 24.4 Å². The van der Waals surface area contributed by atoms with Crippen LogP contribution in [0.5, 0.6) is 0 Å². The summed E-state index contributed by atoms with van der Waals surface area (Å²) >= 11 is 13.8. The molecule has 0 heterocycles. The number of hydrogen-bond donors (Lipinski definition) is 1. The van der Waals surface area contributed by atoms with Gasteiger partial charge in [0.2, 0.25) is 11.8 Å². The van der Waals surface area contributed by atoms with Crippen LogP contribution in [0.1, 0.15) is 50.3 Å². The quantitative estimate of drug-likeness (QED) is 0.401. The smallest absolute Gasteiger partial charge is 0.243 e. The minimum Gasteiger partial charge on any atom is -0.352 e. The zero-order valence-electron chi connectivity index (χ0n) is 19.2. The van der Waals surface area contributed by atoms with E-state index in [1.165, 1.54) is 11.1 Å². The molecule has 0 saturated heterocycles. The first-order valence-corrected chi connectivity index (χ1v) is 12.8. The van der Waals surface area contributed by atoms with Crippen molar-refractivity contribution in [1.82, 2.24) is 10.2 Å². The molecule has 2 rings (SSSR count). The molecule has 32 heavy (non-hydrogen) atoms. The first kappa shape index (κ1) is 26.6. The molecule has 0 aliphatic carbocycles. The van der Waals surface area contributed by atoms with Gasteiger partial charge in [-0.2, -0.15) is 0 Å². The van der Waals surface area contributed by atoms with Crippen LogP contribution in [-0.2, 0) is 21.9 Å². The lowest BCUT2D eigenvalue weighted by atomic mass is 10.1. The van der Waals surface area contributed by atoms with Gasteiger partial charge in [-0.25, -0.2) is 0 Å². The predicted octanol–water partition coefficient (Wildman–Crippen LogP) is 6.26. The highest BCUT2D eigenvalue weighted by molar-refractivity contribution is 7.99. The van der Waals surface area contributed by atoms with E-state index in [4.69, 9.17) is 23.2 Å². The largest absolute Gasteiger partial charge is 0.352 e. The second-order valence-corrected chi connectivity index (χ2v) is 9.73. The Bertz CT molecular complexity index is 923. The monoisotopic (exact) mass is 494 g/mol. The van der Waals surface area contributed by atoms with Gasteiger partial charge in [-0.1, -0.05) is 67.4 Å². The highest BCUT2D eigenvalue weighted by atomic mass is 35.5. The Kier molecular flexibility index (Phi) is 10.9. The van der Waals surface area contributed by atoms with E-state index < -0.39 is 6.04 Å². The van der Waals surface area contributed by atoms with Crippen LogP contribution >= 0.6 is 35.0 Å². The minimum atomic E-state index is -0.551. The van der Waals surface area contributed by atoms with Crippen molar-refractivity contribution in [3.63, 3.8) is 0 Å². The van der Waals surface area contributed by atoms with E-state index in [9.17, 15) is 9.59 Å². The third-order valence-corrected chi connectivity index (χ3v) is 7.17. The topological polar surface area (TPSA) is 49.4 Å². The molecule has 0 aromatic heterocycles. The Labute approximate surface area is 206 Å². The second-order valence-electron chi connectivity index (χ2n) is 7.93. The lowest BCUT2D eigenvalue weighted by Gasteiger charge is -2.31. The average Bonchev–Trinajstić information content (AvgIpc) is 2.77. The molecule has 0 aliphatic heterocycles. The van der Waals surface area contributed by atoms with Crippen LogP contribution in [-0.4, -0.2) is 34.6 Å². The van der Waals surface area contributed by atoms with Crippen molar-refractivity contribution in [3.8, 4) is 0 Å². The Hall–Kier alpha value is -1.69. The van der Waals surface area contributed by atoms with Crippen LogP contribution < -0.4 is 5.32 Å². The van der Waals surface area contributed by atoms with E-state index in [0.29, 0.717) is 28.8 Å². The van der Waals surface area contributed by atoms with Crippen molar-refractivity contribution in [2.75, 3.05) is 5.75 Å². The van der Waals surface area contributed by atoms with E-state index in [-0.39, 0.29) is 17.9 Å². The molecule has 2 unspecified atom stereocenters. The number of benzene rings is 2. The fraction of sp³-hybridized carbons (Fsp3) is 0.440. The summed E-state index contributed by atoms with van der Waals surface area (Å²) in [5.41, 5.74) is 3.26. The van der Waals surface area contributed by atoms with Crippen LogP contribution in [0.2, 0.25) is 10.0 Å². The average molecular weight is 496 g/mol. The van der Waals surface area contributed by atoms with Gasteiger partial charge in [0, 0.05) is 18.3 Å². The molecular weight excluding hydrogens is 463 g/mol. The van der Waals surface area contributed by atoms with E-state index in [1.807, 2.05) is 39.0 Å². The molecule has 2 aromatic rings. The molecule has 174 valence electrons. The highest BCUT2D eigenvalue weighted by Gasteiger charge is 2.29. The van der Waals surface area contributed by atoms with Gasteiger partial charge in [0.05, 0.1) is 15.8 Å². The van der Waals surface area contributed by atoms with Gasteiger partial charge in [-0.05, 0) is 55.5 Å². The maximum atomic E-state index is 13.3. The predicted molar refractivity (Wildman–Crippen MR) is 136 cm³/mol. The summed E-state index contributed by atoms with van der Waals surface area (Å²) in [5.74, 6) is 0.845. The Morgan fingerprint density at radius 1 is 1.06 bits per heavy atom. The summed E-state index contributed by atoms with van der Waals surface area (Å²) < 4.78 is 0. The van der Waals surface area contributed by atoms with Crippen LogP contribution in [0.25, 0.3) is 0 Å². The number of hydrogen-bond acceptors (Lipinski definition) is 3. The molecule has 2 aromatic carbocycles. The maximum Gasteiger partial charge on any atom is 0.243 e. The fourth-order valence-electron chi connectivity index (χ4n) is 3.30. The zero-order valence-corrected chi connectivity index (χ0v) is 21.5. The summed E-state index contributed by atoms with van der Waals surface area (Å²) in [6, 6.07) is 13.0. The van der Waals surface area contributed by atoms with Gasteiger partial charge < -0.3 is 10.2 Å². The van der Waals surface area contributed by atoms with Gasteiger partial charge in [0.1, 0.15) is 6.04 Å². The number of aryl methyl sites for hydroxylation is 1. The number of nitrogens with one attached hydrogen (secondary N) is 1. The summed E-state index contributed by atoms with van der Waals surface area (Å²) in [5, 5.41) is 3.92. The first-order valence-electron chi connectivity index (χ1n) is 10.9. The van der Waals surface area contributed by atoms with Crippen molar-refractivity contribution >= 4 is 46.8 Å².